The fraction of sp³-hybridized carbons (Fsp3) is 0.571. The molecule has 0 bridgehead atoms. The maximum Gasteiger partial charge on any atom is 0.239 e. The molecule has 1 amide bonds. The molecule has 1 aromatic rings. The van der Waals surface area contributed by atoms with Gasteiger partial charge in [-0.05, 0) is 17.0 Å². The van der Waals surface area contributed by atoms with Gasteiger partial charge >= 0.3 is 0 Å². The molecule has 0 aliphatic heterocycles. The van der Waals surface area contributed by atoms with E-state index in [2.05, 4.69) is 36.4 Å². The van der Waals surface area contributed by atoms with Gasteiger partial charge in [0.15, 0.2) is 0 Å². The fourth-order valence-corrected chi connectivity index (χ4v) is 1.47. The number of methoxy groups -OCH3 is 1. The summed E-state index contributed by atoms with van der Waals surface area (Å²) in [6.07, 6.45) is 1.84. The van der Waals surface area contributed by atoms with Crippen LogP contribution in [0, 0.1) is 0 Å². The van der Waals surface area contributed by atoms with Crippen LogP contribution in [0.2, 0.25) is 0 Å². The molecule has 0 spiro atoms. The van der Waals surface area contributed by atoms with Crippen molar-refractivity contribution in [3.63, 3.8) is 0 Å². The van der Waals surface area contributed by atoms with Gasteiger partial charge in [-0.1, -0.05) is 26.8 Å². The summed E-state index contributed by atoms with van der Waals surface area (Å²) in [5.74, 6) is 0.633. The summed E-state index contributed by atoms with van der Waals surface area (Å²) in [7, 11) is 1.60. The Morgan fingerprint density at radius 2 is 2.11 bits per heavy atom. The van der Waals surface area contributed by atoms with Gasteiger partial charge in [-0.2, -0.15) is 0 Å². The number of anilines is 1. The first-order valence-corrected chi connectivity index (χ1v) is 6.39. The van der Waals surface area contributed by atoms with Crippen LogP contribution < -0.4 is 10.6 Å². The van der Waals surface area contributed by atoms with Gasteiger partial charge in [0.1, 0.15) is 5.82 Å². The molecule has 0 aliphatic rings. The van der Waals surface area contributed by atoms with Crippen LogP contribution in [0.25, 0.3) is 0 Å². The minimum absolute atomic E-state index is 0.0706. The van der Waals surface area contributed by atoms with E-state index in [4.69, 9.17) is 4.74 Å². The van der Waals surface area contributed by atoms with Crippen molar-refractivity contribution in [3.05, 3.63) is 23.9 Å². The van der Waals surface area contributed by atoms with Gasteiger partial charge in [0.05, 0.1) is 13.2 Å². The summed E-state index contributed by atoms with van der Waals surface area (Å²) in [4.78, 5) is 15.8. The van der Waals surface area contributed by atoms with Crippen LogP contribution in [0.15, 0.2) is 18.3 Å². The van der Waals surface area contributed by atoms with E-state index < -0.39 is 0 Å². The fourth-order valence-electron chi connectivity index (χ4n) is 1.47. The van der Waals surface area contributed by atoms with Crippen LogP contribution in [-0.2, 0) is 14.9 Å². The lowest BCUT2D eigenvalue weighted by molar-refractivity contribution is -0.119. The average Bonchev–Trinajstić information content (AvgIpc) is 2.36. The number of hydrogen-bond acceptors (Lipinski definition) is 4. The number of hydrogen-bond donors (Lipinski definition) is 2. The number of amides is 1. The number of carbonyl (C=O) groups is 1. The second-order valence-corrected chi connectivity index (χ2v) is 5.38. The first kappa shape index (κ1) is 15.4. The SMILES string of the molecule is COCCNC(=O)CNc1ccc(C(C)(C)C)cn1. The van der Waals surface area contributed by atoms with Crippen molar-refractivity contribution in [3.8, 4) is 0 Å². The minimum Gasteiger partial charge on any atom is -0.383 e. The molecule has 0 saturated carbocycles. The van der Waals surface area contributed by atoms with Crippen molar-refractivity contribution < 1.29 is 9.53 Å². The number of carbonyl (C=O) groups excluding carboxylic acids is 1. The lowest BCUT2D eigenvalue weighted by Gasteiger charge is -2.18. The Balaban J connectivity index is 2.40. The van der Waals surface area contributed by atoms with E-state index >= 15 is 0 Å². The van der Waals surface area contributed by atoms with Crippen molar-refractivity contribution in [1.29, 1.82) is 0 Å². The van der Waals surface area contributed by atoms with Gasteiger partial charge < -0.3 is 15.4 Å². The van der Waals surface area contributed by atoms with E-state index in [0.29, 0.717) is 19.0 Å². The normalized spacial score (nSPS) is 11.2. The summed E-state index contributed by atoms with van der Waals surface area (Å²) < 4.78 is 4.85. The molecule has 1 rings (SSSR count). The third-order valence-corrected chi connectivity index (χ3v) is 2.69. The number of rotatable bonds is 6. The second-order valence-electron chi connectivity index (χ2n) is 5.38. The highest BCUT2D eigenvalue weighted by Crippen LogP contribution is 2.21. The van der Waals surface area contributed by atoms with Gasteiger partial charge in [-0.3, -0.25) is 4.79 Å². The van der Waals surface area contributed by atoms with Gasteiger partial charge in [0, 0.05) is 19.9 Å². The highest BCUT2D eigenvalue weighted by molar-refractivity contribution is 5.80. The molecular weight excluding hydrogens is 242 g/mol. The van der Waals surface area contributed by atoms with Crippen LogP contribution in [-0.4, -0.2) is 37.7 Å². The van der Waals surface area contributed by atoms with Crippen LogP contribution in [0.1, 0.15) is 26.3 Å². The first-order chi connectivity index (χ1) is 8.93. The molecule has 1 aromatic heterocycles. The zero-order chi connectivity index (χ0) is 14.3. The van der Waals surface area contributed by atoms with Crippen molar-refractivity contribution >= 4 is 11.7 Å². The first-order valence-electron chi connectivity index (χ1n) is 6.39. The maximum atomic E-state index is 11.5. The Bertz CT molecular complexity index is 396. The standard InChI is InChI=1S/C14H23N3O2/c1-14(2,3)11-5-6-12(16-9-11)17-10-13(18)15-7-8-19-4/h5-6,9H,7-8,10H2,1-4H3,(H,15,18)(H,16,17). The summed E-state index contributed by atoms with van der Waals surface area (Å²) in [5, 5.41) is 5.72. The quantitative estimate of drug-likeness (QED) is 0.766. The summed E-state index contributed by atoms with van der Waals surface area (Å²) >= 11 is 0. The van der Waals surface area contributed by atoms with Crippen LogP contribution in [0.4, 0.5) is 5.82 Å². The third-order valence-electron chi connectivity index (χ3n) is 2.69. The van der Waals surface area contributed by atoms with E-state index in [-0.39, 0.29) is 17.9 Å². The zero-order valence-corrected chi connectivity index (χ0v) is 12.1. The molecule has 19 heavy (non-hydrogen) atoms. The number of pyridine rings is 1. The average molecular weight is 265 g/mol. The Morgan fingerprint density at radius 1 is 1.37 bits per heavy atom. The molecule has 0 unspecified atom stereocenters. The maximum absolute atomic E-state index is 11.5. The molecular formula is C14H23N3O2. The lowest BCUT2D eigenvalue weighted by Crippen LogP contribution is -2.32. The van der Waals surface area contributed by atoms with Crippen molar-refractivity contribution in [2.24, 2.45) is 0 Å². The van der Waals surface area contributed by atoms with Gasteiger partial charge in [0.2, 0.25) is 5.91 Å². The van der Waals surface area contributed by atoms with E-state index in [1.807, 2.05) is 18.3 Å². The highest BCUT2D eigenvalue weighted by atomic mass is 16.5. The van der Waals surface area contributed by atoms with Crippen molar-refractivity contribution in [2.45, 2.75) is 26.2 Å². The Labute approximate surface area is 114 Å². The molecule has 2 N–H and O–H groups in total. The molecule has 0 aromatic carbocycles. The number of nitrogens with zero attached hydrogens (tertiary/aromatic N) is 1. The zero-order valence-electron chi connectivity index (χ0n) is 12.1. The largest absolute Gasteiger partial charge is 0.383 e. The molecule has 0 fully saturated rings. The van der Waals surface area contributed by atoms with E-state index in [9.17, 15) is 4.79 Å². The molecule has 0 atom stereocenters. The Morgan fingerprint density at radius 3 is 2.63 bits per heavy atom. The molecule has 106 valence electrons. The third kappa shape index (κ3) is 5.70. The van der Waals surface area contributed by atoms with Gasteiger partial charge in [-0.25, -0.2) is 4.98 Å². The molecule has 0 aliphatic carbocycles. The predicted molar refractivity (Wildman–Crippen MR) is 76.3 cm³/mol. The van der Waals surface area contributed by atoms with Crippen molar-refractivity contribution in [2.75, 3.05) is 32.1 Å². The van der Waals surface area contributed by atoms with E-state index in [0.717, 1.165) is 0 Å². The molecule has 5 heteroatoms. The monoisotopic (exact) mass is 265 g/mol. The smallest absolute Gasteiger partial charge is 0.239 e. The Kier molecular flexibility index (Phi) is 5.76. The predicted octanol–water partition coefficient (Wildman–Crippen LogP) is 1.55. The van der Waals surface area contributed by atoms with Crippen LogP contribution in [0.5, 0.6) is 0 Å². The molecule has 0 radical (unpaired) electrons. The van der Waals surface area contributed by atoms with Crippen molar-refractivity contribution in [1.82, 2.24) is 10.3 Å². The molecule has 0 saturated heterocycles. The summed E-state index contributed by atoms with van der Waals surface area (Å²) in [6, 6.07) is 3.92. The Hall–Kier alpha value is -1.62. The van der Waals surface area contributed by atoms with Crippen LogP contribution >= 0.6 is 0 Å². The van der Waals surface area contributed by atoms with Gasteiger partial charge in [0.25, 0.3) is 0 Å². The lowest BCUT2D eigenvalue weighted by atomic mass is 9.88. The molecule has 1 heterocycles. The summed E-state index contributed by atoms with van der Waals surface area (Å²) in [6.45, 7) is 7.67. The van der Waals surface area contributed by atoms with Crippen LogP contribution in [0.3, 0.4) is 0 Å². The van der Waals surface area contributed by atoms with E-state index in [1.165, 1.54) is 5.56 Å². The summed E-state index contributed by atoms with van der Waals surface area (Å²) in [5.41, 5.74) is 1.26. The second kappa shape index (κ2) is 7.09. The highest BCUT2D eigenvalue weighted by Gasteiger charge is 2.13. The number of nitrogens with one attached hydrogen (secondary N) is 2. The number of aromatic nitrogens is 1. The van der Waals surface area contributed by atoms with E-state index in [1.54, 1.807) is 7.11 Å². The van der Waals surface area contributed by atoms with Gasteiger partial charge in [-0.15, -0.1) is 0 Å². The minimum atomic E-state index is -0.0706. The molecule has 5 nitrogen and oxygen atoms in total. The topological polar surface area (TPSA) is 63.2 Å². The number of ether oxygens (including phenoxy) is 1.